The number of aliphatic hydroxyl groups is 1. The van der Waals surface area contributed by atoms with E-state index in [0.717, 1.165) is 48.3 Å². The maximum atomic E-state index is 13.3. The molecule has 0 atom stereocenters. The Hall–Kier alpha value is -3.76. The first-order valence-electron chi connectivity index (χ1n) is 13.5. The molecule has 1 aromatic carbocycles. The normalized spacial score (nSPS) is 15.6. The molecule has 2 N–H and O–H groups in total. The Morgan fingerprint density at radius 2 is 1.92 bits per heavy atom. The molecule has 10 heteroatoms. The van der Waals surface area contributed by atoms with Crippen molar-refractivity contribution in [3.05, 3.63) is 59.6 Å². The predicted molar refractivity (Wildman–Crippen MR) is 153 cm³/mol. The number of imidazole rings is 1. The van der Waals surface area contributed by atoms with Crippen molar-refractivity contribution in [2.45, 2.75) is 52.8 Å². The number of nitrogens with zero attached hydrogens (tertiary/aromatic N) is 7. The number of carbonyl (C=O) groups excluding carboxylic acids is 1. The van der Waals surface area contributed by atoms with Gasteiger partial charge in [0.2, 0.25) is 5.62 Å². The van der Waals surface area contributed by atoms with Crippen molar-refractivity contribution in [3.8, 4) is 11.3 Å². The van der Waals surface area contributed by atoms with Crippen LogP contribution in [0.3, 0.4) is 0 Å². The first-order valence-corrected chi connectivity index (χ1v) is 13.5. The molecule has 1 aliphatic heterocycles. The molecule has 3 aromatic heterocycles. The van der Waals surface area contributed by atoms with E-state index in [9.17, 15) is 9.90 Å². The number of hydrogen-bond donors (Lipinski definition) is 2. The third-order valence-electron chi connectivity index (χ3n) is 7.25. The summed E-state index contributed by atoms with van der Waals surface area (Å²) < 4.78 is 3.59. The van der Waals surface area contributed by atoms with Gasteiger partial charge in [-0.3, -0.25) is 19.4 Å². The molecular formula is C29H38N8O2. The van der Waals surface area contributed by atoms with Gasteiger partial charge in [0.15, 0.2) is 0 Å². The number of carbonyl (C=O) groups is 1. The van der Waals surface area contributed by atoms with E-state index in [-0.39, 0.29) is 12.5 Å². The third-order valence-corrected chi connectivity index (χ3v) is 7.25. The SMILES string of the molecule is Cc1cc2c(cc1N1CCN(C(C)C)CC1)[nH]/c(=N\C(=O)c1ccnc(-c3cnn(C)c3)c1)n2CC(C)(C)O. The zero-order valence-electron chi connectivity index (χ0n) is 23.6. The number of fused-ring (bicyclic) bond motifs is 1. The number of piperazine rings is 1. The predicted octanol–water partition coefficient (Wildman–Crippen LogP) is 3.12. The molecule has 0 unspecified atom stereocenters. The van der Waals surface area contributed by atoms with Gasteiger partial charge in [0.25, 0.3) is 5.91 Å². The van der Waals surface area contributed by atoms with Gasteiger partial charge in [-0.2, -0.15) is 10.1 Å². The van der Waals surface area contributed by atoms with Crippen LogP contribution >= 0.6 is 0 Å². The number of pyridine rings is 1. The molecule has 1 fully saturated rings. The van der Waals surface area contributed by atoms with E-state index in [1.54, 1.807) is 43.1 Å². The van der Waals surface area contributed by atoms with Crippen molar-refractivity contribution in [3.63, 3.8) is 0 Å². The van der Waals surface area contributed by atoms with Crippen molar-refractivity contribution in [1.82, 2.24) is 29.2 Å². The average Bonchev–Trinajstić information content (AvgIpc) is 3.46. The fourth-order valence-electron chi connectivity index (χ4n) is 5.20. The lowest BCUT2D eigenvalue weighted by Gasteiger charge is -2.38. The number of aromatic amines is 1. The topological polar surface area (TPSA) is 108 Å². The molecule has 1 saturated heterocycles. The standard InChI is InChI=1S/C29H38N8O2/c1-19(2)35-9-11-36(12-10-35)25-15-24-26(13-20(25)3)37(18-29(4,5)39)28(32-24)33-27(38)21-7-8-30-23(14-21)22-16-31-34(6)17-22/h7-8,13-17,19,39H,9-12,18H2,1-6H3,(H,32,33,38). The van der Waals surface area contributed by atoms with Gasteiger partial charge < -0.3 is 19.6 Å². The number of anilines is 1. The molecule has 4 aromatic rings. The quantitative estimate of drug-likeness (QED) is 0.397. The molecule has 0 spiro atoms. The summed E-state index contributed by atoms with van der Waals surface area (Å²) in [5.74, 6) is -0.389. The molecule has 10 nitrogen and oxygen atoms in total. The largest absolute Gasteiger partial charge is 0.389 e. The summed E-state index contributed by atoms with van der Waals surface area (Å²) in [5, 5.41) is 14.9. The highest BCUT2D eigenvalue weighted by Crippen LogP contribution is 2.27. The Labute approximate surface area is 228 Å². The Morgan fingerprint density at radius 1 is 1.18 bits per heavy atom. The molecular weight excluding hydrogens is 492 g/mol. The number of H-pyrrole nitrogens is 1. The Balaban J connectivity index is 1.53. The zero-order chi connectivity index (χ0) is 27.9. The van der Waals surface area contributed by atoms with Crippen molar-refractivity contribution >= 4 is 22.6 Å². The second-order valence-electron chi connectivity index (χ2n) is 11.4. The highest BCUT2D eigenvalue weighted by atomic mass is 16.3. The van der Waals surface area contributed by atoms with Gasteiger partial charge in [0, 0.05) is 68.5 Å². The van der Waals surface area contributed by atoms with Crippen LogP contribution in [0.4, 0.5) is 5.69 Å². The molecule has 5 rings (SSSR count). The lowest BCUT2D eigenvalue weighted by atomic mass is 10.1. The smallest absolute Gasteiger partial charge is 0.280 e. The van der Waals surface area contributed by atoms with Crippen LogP contribution in [0.25, 0.3) is 22.3 Å². The lowest BCUT2D eigenvalue weighted by Crippen LogP contribution is -2.49. The summed E-state index contributed by atoms with van der Waals surface area (Å²) >= 11 is 0. The van der Waals surface area contributed by atoms with Crippen LogP contribution < -0.4 is 10.5 Å². The van der Waals surface area contributed by atoms with Gasteiger partial charge >= 0.3 is 0 Å². The molecule has 1 amide bonds. The third kappa shape index (κ3) is 5.81. The molecule has 0 bridgehead atoms. The molecule has 0 radical (unpaired) electrons. The molecule has 4 heterocycles. The van der Waals surface area contributed by atoms with E-state index in [0.29, 0.717) is 22.9 Å². The van der Waals surface area contributed by atoms with Crippen molar-refractivity contribution in [2.24, 2.45) is 12.0 Å². The van der Waals surface area contributed by atoms with Crippen LogP contribution in [-0.2, 0) is 13.6 Å². The van der Waals surface area contributed by atoms with E-state index >= 15 is 0 Å². The number of nitrogens with one attached hydrogen (secondary N) is 1. The summed E-state index contributed by atoms with van der Waals surface area (Å²) in [5.41, 5.74) is 5.41. The fourth-order valence-corrected chi connectivity index (χ4v) is 5.20. The van der Waals surface area contributed by atoms with E-state index in [1.807, 2.05) is 17.8 Å². The van der Waals surface area contributed by atoms with Gasteiger partial charge in [-0.15, -0.1) is 0 Å². The Kier molecular flexibility index (Phi) is 7.17. The summed E-state index contributed by atoms with van der Waals surface area (Å²) in [6, 6.07) is 8.20. The molecule has 0 saturated carbocycles. The average molecular weight is 531 g/mol. The van der Waals surface area contributed by atoms with Crippen LogP contribution in [-0.4, -0.2) is 78.1 Å². The van der Waals surface area contributed by atoms with Gasteiger partial charge in [-0.25, -0.2) is 0 Å². The van der Waals surface area contributed by atoms with Crippen LogP contribution in [0.1, 0.15) is 43.6 Å². The zero-order valence-corrected chi connectivity index (χ0v) is 23.6. The van der Waals surface area contributed by atoms with Crippen LogP contribution in [0.2, 0.25) is 0 Å². The maximum absolute atomic E-state index is 13.3. The first-order chi connectivity index (χ1) is 18.5. The lowest BCUT2D eigenvalue weighted by molar-refractivity contribution is 0.0612. The van der Waals surface area contributed by atoms with Gasteiger partial charge in [0.1, 0.15) is 0 Å². The summed E-state index contributed by atoms with van der Waals surface area (Å²) in [7, 11) is 1.84. The summed E-state index contributed by atoms with van der Waals surface area (Å²) in [4.78, 5) is 30.5. The van der Waals surface area contributed by atoms with Gasteiger partial charge in [0.05, 0.1) is 35.1 Å². The number of amides is 1. The van der Waals surface area contributed by atoms with Crippen LogP contribution in [0, 0.1) is 6.92 Å². The van der Waals surface area contributed by atoms with E-state index in [4.69, 9.17) is 0 Å². The van der Waals surface area contributed by atoms with Gasteiger partial charge in [-0.1, -0.05) is 0 Å². The van der Waals surface area contributed by atoms with Crippen molar-refractivity contribution in [1.29, 1.82) is 0 Å². The minimum atomic E-state index is -1.00. The summed E-state index contributed by atoms with van der Waals surface area (Å²) in [6.07, 6.45) is 5.17. The van der Waals surface area contributed by atoms with Crippen molar-refractivity contribution in [2.75, 3.05) is 31.1 Å². The minimum Gasteiger partial charge on any atom is -0.389 e. The van der Waals surface area contributed by atoms with Crippen LogP contribution in [0.15, 0.2) is 47.8 Å². The van der Waals surface area contributed by atoms with E-state index in [2.05, 4.69) is 62.8 Å². The highest BCUT2D eigenvalue weighted by molar-refractivity contribution is 5.95. The second-order valence-corrected chi connectivity index (χ2v) is 11.4. The van der Waals surface area contributed by atoms with E-state index in [1.165, 1.54) is 5.69 Å². The molecule has 39 heavy (non-hydrogen) atoms. The number of benzene rings is 1. The minimum absolute atomic E-state index is 0.280. The number of hydrogen-bond acceptors (Lipinski definition) is 6. The van der Waals surface area contributed by atoms with E-state index < -0.39 is 5.60 Å². The maximum Gasteiger partial charge on any atom is 0.280 e. The molecule has 0 aliphatic carbocycles. The fraction of sp³-hybridized carbons (Fsp3) is 0.448. The second kappa shape index (κ2) is 10.4. The monoisotopic (exact) mass is 530 g/mol. The first kappa shape index (κ1) is 26.8. The van der Waals surface area contributed by atoms with Gasteiger partial charge in [-0.05, 0) is 64.4 Å². The highest BCUT2D eigenvalue weighted by Gasteiger charge is 2.23. The number of aryl methyl sites for hydroxylation is 2. The Bertz CT molecular complexity index is 1560. The Morgan fingerprint density at radius 3 is 2.56 bits per heavy atom. The van der Waals surface area contributed by atoms with Crippen molar-refractivity contribution < 1.29 is 9.90 Å². The van der Waals surface area contributed by atoms with Crippen LogP contribution in [0.5, 0.6) is 0 Å². The number of rotatable bonds is 6. The molecule has 1 aliphatic rings. The summed E-state index contributed by atoms with van der Waals surface area (Å²) in [6.45, 7) is 14.4. The molecule has 206 valence electrons. The number of aromatic nitrogens is 5.